The highest BCUT2D eigenvalue weighted by atomic mass is 16.3. The Morgan fingerprint density at radius 1 is 1.08 bits per heavy atom. The molecule has 2 N–H and O–H groups in total. The molecule has 0 bridgehead atoms. The third kappa shape index (κ3) is 5.10. The Kier molecular flexibility index (Phi) is 6.82. The summed E-state index contributed by atoms with van der Waals surface area (Å²) in [5, 5.41) is 12.1. The van der Waals surface area contributed by atoms with Gasteiger partial charge in [-0.3, -0.25) is 4.79 Å². The molecular weight excluding hydrogens is 300 g/mol. The van der Waals surface area contributed by atoms with Crippen LogP contribution in [-0.4, -0.2) is 30.7 Å². The number of carbonyl (C=O) groups is 1. The number of aliphatic hydroxyl groups excluding tert-OH is 1. The van der Waals surface area contributed by atoms with E-state index in [2.05, 4.69) is 19.2 Å². The lowest BCUT2D eigenvalue weighted by Crippen LogP contribution is -2.34. The van der Waals surface area contributed by atoms with E-state index < -0.39 is 0 Å². The summed E-state index contributed by atoms with van der Waals surface area (Å²) in [5.41, 5.74) is 2.98. The normalized spacial score (nSPS) is 10.7. The number of carbonyl (C=O) groups excluding carboxylic acids is 1. The number of hydrogen-bond donors (Lipinski definition) is 2. The smallest absolute Gasteiger partial charge is 0.243 e. The molecule has 2 rings (SSSR count). The van der Waals surface area contributed by atoms with Crippen molar-refractivity contribution in [1.82, 2.24) is 0 Å². The number of benzene rings is 2. The number of para-hydroxylation sites is 2. The topological polar surface area (TPSA) is 52.6 Å². The number of nitrogens with one attached hydrogen (secondary N) is 1. The van der Waals surface area contributed by atoms with E-state index in [9.17, 15) is 4.79 Å². The van der Waals surface area contributed by atoms with Crippen molar-refractivity contribution in [2.75, 3.05) is 29.9 Å². The van der Waals surface area contributed by atoms with Crippen molar-refractivity contribution in [3.63, 3.8) is 0 Å². The molecule has 24 heavy (non-hydrogen) atoms. The number of rotatable bonds is 8. The molecule has 2 aromatic rings. The van der Waals surface area contributed by atoms with Gasteiger partial charge in [0.2, 0.25) is 5.91 Å². The Balaban J connectivity index is 2.08. The highest BCUT2D eigenvalue weighted by Crippen LogP contribution is 2.23. The number of hydrogen-bond acceptors (Lipinski definition) is 3. The van der Waals surface area contributed by atoms with Crippen LogP contribution < -0.4 is 10.2 Å². The van der Waals surface area contributed by atoms with Crippen LogP contribution in [0, 0.1) is 0 Å². The highest BCUT2D eigenvalue weighted by molar-refractivity contribution is 5.94. The molecule has 0 aliphatic carbocycles. The van der Waals surface area contributed by atoms with E-state index >= 15 is 0 Å². The number of nitrogens with zero attached hydrogens (tertiary/aromatic N) is 1. The van der Waals surface area contributed by atoms with Crippen LogP contribution in [0.3, 0.4) is 0 Å². The largest absolute Gasteiger partial charge is 0.396 e. The number of anilines is 2. The first kappa shape index (κ1) is 18.0. The van der Waals surface area contributed by atoms with E-state index in [-0.39, 0.29) is 19.1 Å². The number of amides is 1. The van der Waals surface area contributed by atoms with Crippen molar-refractivity contribution in [3.8, 4) is 0 Å². The van der Waals surface area contributed by atoms with Gasteiger partial charge in [-0.25, -0.2) is 0 Å². The third-order valence-corrected chi connectivity index (χ3v) is 3.90. The van der Waals surface area contributed by atoms with Crippen LogP contribution in [-0.2, 0) is 4.79 Å². The van der Waals surface area contributed by atoms with Crippen LogP contribution in [0.5, 0.6) is 0 Å². The minimum atomic E-state index is -0.0510. The Bertz CT molecular complexity index is 641. The molecule has 4 heteroatoms. The highest BCUT2D eigenvalue weighted by Gasteiger charge is 2.13. The van der Waals surface area contributed by atoms with Crippen molar-refractivity contribution in [1.29, 1.82) is 0 Å². The Hall–Kier alpha value is -2.33. The lowest BCUT2D eigenvalue weighted by atomic mass is 10.0. The summed E-state index contributed by atoms with van der Waals surface area (Å²) in [5.74, 6) is 0.297. The van der Waals surface area contributed by atoms with Gasteiger partial charge in [0.1, 0.15) is 0 Å². The second-order valence-electron chi connectivity index (χ2n) is 6.12. The maximum atomic E-state index is 12.5. The van der Waals surface area contributed by atoms with Gasteiger partial charge in [-0.15, -0.1) is 0 Å². The van der Waals surface area contributed by atoms with E-state index in [1.54, 1.807) is 0 Å². The van der Waals surface area contributed by atoms with Gasteiger partial charge in [0.25, 0.3) is 0 Å². The molecule has 0 unspecified atom stereocenters. The van der Waals surface area contributed by atoms with Gasteiger partial charge in [0, 0.05) is 24.5 Å². The lowest BCUT2D eigenvalue weighted by molar-refractivity contribution is -0.115. The van der Waals surface area contributed by atoms with Crippen molar-refractivity contribution >= 4 is 17.3 Å². The zero-order valence-corrected chi connectivity index (χ0v) is 14.4. The maximum Gasteiger partial charge on any atom is 0.243 e. The van der Waals surface area contributed by atoms with Gasteiger partial charge < -0.3 is 15.3 Å². The predicted molar refractivity (Wildman–Crippen MR) is 99.5 cm³/mol. The van der Waals surface area contributed by atoms with Crippen LogP contribution in [0.15, 0.2) is 54.6 Å². The molecular formula is C20H26N2O2. The minimum Gasteiger partial charge on any atom is -0.396 e. The molecule has 1 amide bonds. The Labute approximate surface area is 144 Å². The van der Waals surface area contributed by atoms with Crippen molar-refractivity contribution in [3.05, 3.63) is 60.2 Å². The van der Waals surface area contributed by atoms with E-state index in [4.69, 9.17) is 5.11 Å². The molecule has 2 aromatic carbocycles. The minimum absolute atomic E-state index is 0.0510. The Morgan fingerprint density at radius 2 is 1.75 bits per heavy atom. The molecule has 0 aromatic heterocycles. The zero-order valence-electron chi connectivity index (χ0n) is 14.4. The molecule has 128 valence electrons. The van der Waals surface area contributed by atoms with E-state index in [0.717, 1.165) is 16.9 Å². The SMILES string of the molecule is CC(C)c1ccccc1NC(=O)CN(CCCO)c1ccccc1. The van der Waals surface area contributed by atoms with Gasteiger partial charge in [-0.2, -0.15) is 0 Å². The first-order valence-corrected chi connectivity index (χ1v) is 8.41. The maximum absolute atomic E-state index is 12.5. The second kappa shape index (κ2) is 9.08. The standard InChI is InChI=1S/C20H26N2O2/c1-16(2)18-11-6-7-12-19(18)21-20(24)15-22(13-8-14-23)17-9-4-3-5-10-17/h3-7,9-12,16,23H,8,13-15H2,1-2H3,(H,21,24). The summed E-state index contributed by atoms with van der Waals surface area (Å²) >= 11 is 0. The summed E-state index contributed by atoms with van der Waals surface area (Å²) in [4.78, 5) is 14.5. The Morgan fingerprint density at radius 3 is 2.42 bits per heavy atom. The fourth-order valence-electron chi connectivity index (χ4n) is 2.68. The van der Waals surface area contributed by atoms with E-state index in [1.807, 2.05) is 59.5 Å². The van der Waals surface area contributed by atoms with Crippen molar-refractivity contribution in [2.24, 2.45) is 0 Å². The van der Waals surface area contributed by atoms with Crippen molar-refractivity contribution < 1.29 is 9.90 Å². The van der Waals surface area contributed by atoms with Crippen molar-refractivity contribution in [2.45, 2.75) is 26.2 Å². The van der Waals surface area contributed by atoms with Crippen LogP contribution in [0.4, 0.5) is 11.4 Å². The van der Waals surface area contributed by atoms with E-state index in [1.165, 1.54) is 0 Å². The predicted octanol–water partition coefficient (Wildman–Crippen LogP) is 3.64. The zero-order chi connectivity index (χ0) is 17.4. The quantitative estimate of drug-likeness (QED) is 0.779. The summed E-state index contributed by atoms with van der Waals surface area (Å²) < 4.78 is 0. The second-order valence-corrected chi connectivity index (χ2v) is 6.12. The molecule has 0 fully saturated rings. The fourth-order valence-corrected chi connectivity index (χ4v) is 2.68. The van der Waals surface area contributed by atoms with Gasteiger partial charge in [-0.1, -0.05) is 50.2 Å². The number of aliphatic hydroxyl groups is 1. The monoisotopic (exact) mass is 326 g/mol. The van der Waals surface area contributed by atoms with Gasteiger partial charge in [0.05, 0.1) is 6.54 Å². The molecule has 0 aliphatic heterocycles. The first-order valence-electron chi connectivity index (χ1n) is 8.41. The average molecular weight is 326 g/mol. The molecule has 4 nitrogen and oxygen atoms in total. The summed E-state index contributed by atoms with van der Waals surface area (Å²) in [6.07, 6.45) is 0.630. The van der Waals surface area contributed by atoms with Crippen LogP contribution in [0.25, 0.3) is 0 Å². The summed E-state index contributed by atoms with van der Waals surface area (Å²) in [7, 11) is 0. The van der Waals surface area contributed by atoms with Gasteiger partial charge >= 0.3 is 0 Å². The molecule has 0 saturated heterocycles. The molecule has 0 spiro atoms. The fraction of sp³-hybridized carbons (Fsp3) is 0.350. The van der Waals surface area contributed by atoms with Crippen LogP contribution in [0.2, 0.25) is 0 Å². The molecule has 0 saturated carbocycles. The van der Waals surface area contributed by atoms with Gasteiger partial charge in [-0.05, 0) is 36.1 Å². The molecule has 0 heterocycles. The van der Waals surface area contributed by atoms with Gasteiger partial charge in [0.15, 0.2) is 0 Å². The average Bonchev–Trinajstić information content (AvgIpc) is 2.59. The molecule has 0 radical (unpaired) electrons. The van der Waals surface area contributed by atoms with Crippen LogP contribution in [0.1, 0.15) is 31.7 Å². The van der Waals surface area contributed by atoms with Crippen LogP contribution >= 0.6 is 0 Å². The molecule has 0 aliphatic rings. The first-order chi connectivity index (χ1) is 11.6. The molecule has 0 atom stereocenters. The summed E-state index contributed by atoms with van der Waals surface area (Å²) in [6.45, 7) is 5.24. The lowest BCUT2D eigenvalue weighted by Gasteiger charge is -2.24. The third-order valence-electron chi connectivity index (χ3n) is 3.90. The summed E-state index contributed by atoms with van der Waals surface area (Å²) in [6, 6.07) is 17.7. The van der Waals surface area contributed by atoms with E-state index in [0.29, 0.717) is 18.9 Å².